The first-order valence-electron chi connectivity index (χ1n) is 9.75. The highest BCUT2D eigenvalue weighted by molar-refractivity contribution is 5.83. The summed E-state index contributed by atoms with van der Waals surface area (Å²) >= 11 is 0. The van der Waals surface area contributed by atoms with E-state index in [4.69, 9.17) is 9.47 Å². The van der Waals surface area contributed by atoms with Crippen LogP contribution in [0.4, 0.5) is 0 Å². The van der Waals surface area contributed by atoms with Crippen LogP contribution in [-0.4, -0.2) is 38.9 Å². The quantitative estimate of drug-likeness (QED) is 0.541. The molecule has 1 heterocycles. The Labute approximate surface area is 166 Å². The third-order valence-corrected chi connectivity index (χ3v) is 4.80. The lowest BCUT2D eigenvalue weighted by Crippen LogP contribution is -3.13. The lowest BCUT2D eigenvalue weighted by atomic mass is 10.1. The predicted octanol–water partition coefficient (Wildman–Crippen LogP) is 1.79. The van der Waals surface area contributed by atoms with Gasteiger partial charge in [-0.15, -0.1) is 0 Å². The largest absolute Gasteiger partial charge is 0.493 e. The third kappa shape index (κ3) is 6.09. The van der Waals surface area contributed by atoms with E-state index in [1.54, 1.807) is 13.3 Å². The van der Waals surface area contributed by atoms with Crippen LogP contribution in [0.5, 0.6) is 11.5 Å². The van der Waals surface area contributed by atoms with Gasteiger partial charge in [0, 0.05) is 0 Å². The number of hydrazone groups is 1. The van der Waals surface area contributed by atoms with Crippen LogP contribution >= 0.6 is 0 Å². The van der Waals surface area contributed by atoms with Gasteiger partial charge in [0.05, 0.1) is 26.4 Å². The molecular weight excluding hydrogens is 354 g/mol. The van der Waals surface area contributed by atoms with Gasteiger partial charge in [0.2, 0.25) is 0 Å². The Balaban J connectivity index is 1.52. The van der Waals surface area contributed by atoms with Crippen molar-refractivity contribution in [1.82, 2.24) is 5.43 Å². The minimum Gasteiger partial charge on any atom is -0.493 e. The number of carbonyl (C=O) groups is 1. The van der Waals surface area contributed by atoms with Crippen molar-refractivity contribution < 1.29 is 19.2 Å². The van der Waals surface area contributed by atoms with E-state index >= 15 is 0 Å². The fourth-order valence-electron chi connectivity index (χ4n) is 3.29. The van der Waals surface area contributed by atoms with Gasteiger partial charge in [-0.25, -0.2) is 5.43 Å². The highest BCUT2D eigenvalue weighted by atomic mass is 16.5. The molecule has 1 fully saturated rings. The van der Waals surface area contributed by atoms with Crippen LogP contribution in [0.25, 0.3) is 0 Å². The molecule has 1 amide bonds. The van der Waals surface area contributed by atoms with Crippen LogP contribution in [0.15, 0.2) is 53.6 Å². The zero-order valence-corrected chi connectivity index (χ0v) is 16.3. The molecule has 6 heteroatoms. The molecule has 0 bridgehead atoms. The standard InChI is InChI=1S/C22H27N3O3/c1-27-21-14-19(10-11-20(21)28-17-18-8-4-2-5-9-18)15-23-24-22(26)16-25-12-6-3-7-13-25/h2,4-5,8-11,14-15H,3,6-7,12-13,16-17H2,1H3,(H,24,26)/p+1. The maximum Gasteiger partial charge on any atom is 0.295 e. The summed E-state index contributed by atoms with van der Waals surface area (Å²) in [5.41, 5.74) is 4.53. The van der Waals surface area contributed by atoms with E-state index in [9.17, 15) is 4.79 Å². The Morgan fingerprint density at radius 2 is 1.89 bits per heavy atom. The highest BCUT2D eigenvalue weighted by Gasteiger charge is 2.16. The average Bonchev–Trinajstić information content (AvgIpc) is 2.74. The SMILES string of the molecule is COc1cc(C=NNC(=O)C[NH+]2CCCCC2)ccc1OCc1ccccc1. The summed E-state index contributed by atoms with van der Waals surface area (Å²) in [5.74, 6) is 1.24. The minimum absolute atomic E-state index is 0.0528. The smallest absolute Gasteiger partial charge is 0.295 e. The van der Waals surface area contributed by atoms with Gasteiger partial charge in [0.1, 0.15) is 6.61 Å². The van der Waals surface area contributed by atoms with E-state index in [-0.39, 0.29) is 5.91 Å². The molecule has 1 aliphatic rings. The number of methoxy groups -OCH3 is 1. The Morgan fingerprint density at radius 3 is 2.64 bits per heavy atom. The summed E-state index contributed by atoms with van der Waals surface area (Å²) in [6, 6.07) is 15.5. The first-order chi connectivity index (χ1) is 13.7. The minimum atomic E-state index is -0.0528. The Bertz CT molecular complexity index is 787. The summed E-state index contributed by atoms with van der Waals surface area (Å²) in [7, 11) is 1.61. The van der Waals surface area contributed by atoms with E-state index in [0.29, 0.717) is 24.7 Å². The Morgan fingerprint density at radius 1 is 1.11 bits per heavy atom. The number of nitrogens with zero attached hydrogens (tertiary/aromatic N) is 1. The number of rotatable bonds is 8. The number of amides is 1. The summed E-state index contributed by atoms with van der Waals surface area (Å²) in [5, 5.41) is 4.07. The summed E-state index contributed by atoms with van der Waals surface area (Å²) < 4.78 is 11.3. The van der Waals surface area contributed by atoms with Crippen LogP contribution < -0.4 is 19.8 Å². The Hall–Kier alpha value is -2.86. The first kappa shape index (κ1) is 19.9. The van der Waals surface area contributed by atoms with E-state index in [1.165, 1.54) is 24.2 Å². The second kappa shape index (κ2) is 10.5. The predicted molar refractivity (Wildman–Crippen MR) is 109 cm³/mol. The fraction of sp³-hybridized carbons (Fsp3) is 0.364. The van der Waals surface area contributed by atoms with E-state index in [2.05, 4.69) is 10.5 Å². The van der Waals surface area contributed by atoms with Gasteiger partial charge in [-0.05, 0) is 48.6 Å². The topological polar surface area (TPSA) is 64.4 Å². The number of carbonyl (C=O) groups excluding carboxylic acids is 1. The van der Waals surface area contributed by atoms with Gasteiger partial charge in [-0.3, -0.25) is 4.79 Å². The summed E-state index contributed by atoms with van der Waals surface area (Å²) in [6.07, 6.45) is 5.29. The fourth-order valence-corrected chi connectivity index (χ4v) is 3.29. The zero-order valence-electron chi connectivity index (χ0n) is 16.3. The van der Waals surface area contributed by atoms with Gasteiger partial charge in [0.25, 0.3) is 5.91 Å². The van der Waals surface area contributed by atoms with Crippen molar-refractivity contribution in [1.29, 1.82) is 0 Å². The number of ether oxygens (including phenoxy) is 2. The van der Waals surface area contributed by atoms with E-state index < -0.39 is 0 Å². The monoisotopic (exact) mass is 382 g/mol. The molecule has 0 spiro atoms. The highest BCUT2D eigenvalue weighted by Crippen LogP contribution is 2.28. The molecule has 2 aromatic rings. The second-order valence-electron chi connectivity index (χ2n) is 6.97. The van der Waals surface area contributed by atoms with Gasteiger partial charge in [0.15, 0.2) is 18.0 Å². The molecule has 28 heavy (non-hydrogen) atoms. The molecule has 0 aromatic heterocycles. The number of nitrogens with one attached hydrogen (secondary N) is 2. The van der Waals surface area contributed by atoms with Gasteiger partial charge < -0.3 is 14.4 Å². The lowest BCUT2D eigenvalue weighted by molar-refractivity contribution is -0.896. The van der Waals surface area contributed by atoms with Crippen molar-refractivity contribution in [2.24, 2.45) is 5.10 Å². The third-order valence-electron chi connectivity index (χ3n) is 4.80. The molecule has 148 valence electrons. The van der Waals surface area contributed by atoms with Crippen LogP contribution in [0, 0.1) is 0 Å². The molecule has 0 radical (unpaired) electrons. The van der Waals surface area contributed by atoms with Gasteiger partial charge in [-0.1, -0.05) is 30.3 Å². The van der Waals surface area contributed by atoms with Crippen molar-refractivity contribution >= 4 is 12.1 Å². The van der Waals surface area contributed by atoms with E-state index in [0.717, 1.165) is 24.2 Å². The molecule has 0 unspecified atom stereocenters. The molecular formula is C22H28N3O3+. The second-order valence-corrected chi connectivity index (χ2v) is 6.97. The molecule has 3 rings (SSSR count). The normalized spacial score (nSPS) is 14.8. The van der Waals surface area contributed by atoms with Gasteiger partial charge in [-0.2, -0.15) is 5.10 Å². The molecule has 0 atom stereocenters. The molecule has 1 saturated heterocycles. The van der Waals surface area contributed by atoms with Crippen molar-refractivity contribution in [2.75, 3.05) is 26.7 Å². The number of piperidine rings is 1. The van der Waals surface area contributed by atoms with Crippen LogP contribution in [-0.2, 0) is 11.4 Å². The van der Waals surface area contributed by atoms with Crippen molar-refractivity contribution in [3.63, 3.8) is 0 Å². The van der Waals surface area contributed by atoms with Crippen molar-refractivity contribution in [2.45, 2.75) is 25.9 Å². The van der Waals surface area contributed by atoms with Crippen LogP contribution in [0.1, 0.15) is 30.4 Å². The van der Waals surface area contributed by atoms with Crippen LogP contribution in [0.3, 0.4) is 0 Å². The first-order valence-corrected chi connectivity index (χ1v) is 9.75. The number of hydrogen-bond donors (Lipinski definition) is 2. The van der Waals surface area contributed by atoms with Crippen molar-refractivity contribution in [3.05, 3.63) is 59.7 Å². The molecule has 6 nitrogen and oxygen atoms in total. The lowest BCUT2D eigenvalue weighted by Gasteiger charge is -2.22. The number of hydrogen-bond acceptors (Lipinski definition) is 4. The summed E-state index contributed by atoms with van der Waals surface area (Å²) in [6.45, 7) is 3.09. The summed E-state index contributed by atoms with van der Waals surface area (Å²) in [4.78, 5) is 13.3. The van der Waals surface area contributed by atoms with Gasteiger partial charge >= 0.3 is 0 Å². The maximum absolute atomic E-state index is 12.0. The average molecular weight is 382 g/mol. The number of benzene rings is 2. The zero-order chi connectivity index (χ0) is 19.6. The number of quaternary nitrogens is 1. The van der Waals surface area contributed by atoms with Crippen molar-refractivity contribution in [3.8, 4) is 11.5 Å². The van der Waals surface area contributed by atoms with E-state index in [1.807, 2.05) is 48.5 Å². The molecule has 2 aromatic carbocycles. The van der Waals surface area contributed by atoms with Crippen LogP contribution in [0.2, 0.25) is 0 Å². The molecule has 2 N–H and O–H groups in total. The molecule has 0 aliphatic carbocycles. The molecule has 1 aliphatic heterocycles. The Kier molecular flexibility index (Phi) is 7.44. The maximum atomic E-state index is 12.0. The molecule has 0 saturated carbocycles. The number of likely N-dealkylation sites (tertiary alicyclic amines) is 1.